The maximum atomic E-state index is 12.0. The van der Waals surface area contributed by atoms with Crippen LogP contribution in [0.5, 0.6) is 0 Å². The van der Waals surface area contributed by atoms with Crippen molar-refractivity contribution >= 4 is 28.6 Å². The highest BCUT2D eigenvalue weighted by molar-refractivity contribution is 6.02. The van der Waals surface area contributed by atoms with Gasteiger partial charge in [-0.3, -0.25) is 16.0 Å². The number of fused-ring (bicyclic) bond motifs is 1. The molecule has 0 fully saturated rings. The molecule has 2 aromatic heterocycles. The van der Waals surface area contributed by atoms with Crippen LogP contribution in [0.2, 0.25) is 0 Å². The molecule has 0 saturated carbocycles. The Morgan fingerprint density at radius 2 is 2.05 bits per heavy atom. The van der Waals surface area contributed by atoms with E-state index in [0.29, 0.717) is 11.6 Å². The van der Waals surface area contributed by atoms with Crippen LogP contribution in [0.25, 0.3) is 11.0 Å². The number of hydrogen-bond donors (Lipinski definition) is 4. The molecule has 1 aromatic carbocycles. The molecule has 100 valence electrons. The summed E-state index contributed by atoms with van der Waals surface area (Å²) >= 11 is 0. The van der Waals surface area contributed by atoms with Gasteiger partial charge in [0.05, 0.1) is 22.9 Å². The lowest BCUT2D eigenvalue weighted by Crippen LogP contribution is -2.15. The van der Waals surface area contributed by atoms with Gasteiger partial charge in [0.1, 0.15) is 5.69 Å². The quantitative estimate of drug-likeness (QED) is 0.425. The second-order valence-electron chi connectivity index (χ2n) is 4.13. The van der Waals surface area contributed by atoms with Gasteiger partial charge in [-0.25, -0.2) is 9.97 Å². The fourth-order valence-electron chi connectivity index (χ4n) is 1.80. The number of anilines is 2. The summed E-state index contributed by atoms with van der Waals surface area (Å²) in [5, 5.41) is 2.67. The molecule has 20 heavy (non-hydrogen) atoms. The minimum Gasteiger partial charge on any atom is -0.324 e. The number of benzene rings is 1. The first-order valence-electron chi connectivity index (χ1n) is 5.95. The first kappa shape index (κ1) is 12.1. The Kier molecular flexibility index (Phi) is 3.02. The van der Waals surface area contributed by atoms with Gasteiger partial charge in [0.25, 0.3) is 5.91 Å². The molecule has 0 aliphatic carbocycles. The molecule has 0 unspecified atom stereocenters. The molecule has 2 heterocycles. The first-order chi connectivity index (χ1) is 9.76. The predicted molar refractivity (Wildman–Crippen MR) is 76.1 cm³/mol. The number of aromatic amines is 1. The number of imidazole rings is 1. The number of hydrogen-bond acceptors (Lipinski definition) is 5. The number of carbonyl (C=O) groups is 1. The van der Waals surface area contributed by atoms with Crippen LogP contribution in [0.15, 0.2) is 42.6 Å². The van der Waals surface area contributed by atoms with Crippen LogP contribution >= 0.6 is 0 Å². The minimum atomic E-state index is -0.340. The van der Waals surface area contributed by atoms with Gasteiger partial charge in [-0.2, -0.15) is 0 Å². The maximum absolute atomic E-state index is 12.0. The van der Waals surface area contributed by atoms with E-state index in [1.807, 2.05) is 24.3 Å². The van der Waals surface area contributed by atoms with Crippen molar-refractivity contribution in [2.75, 3.05) is 10.7 Å². The Balaban J connectivity index is 1.80. The number of aromatic nitrogens is 3. The normalized spacial score (nSPS) is 10.4. The number of carbonyl (C=O) groups excluding carboxylic acids is 1. The highest BCUT2D eigenvalue weighted by atomic mass is 16.2. The molecular weight excluding hydrogens is 256 g/mol. The summed E-state index contributed by atoms with van der Waals surface area (Å²) in [6, 6.07) is 10.8. The van der Waals surface area contributed by atoms with Gasteiger partial charge in [0.15, 0.2) is 0 Å². The number of para-hydroxylation sites is 2. The van der Waals surface area contributed by atoms with Crippen LogP contribution < -0.4 is 16.6 Å². The molecule has 3 rings (SSSR count). The molecule has 0 atom stereocenters. The topological polar surface area (TPSA) is 109 Å². The molecule has 7 nitrogen and oxygen atoms in total. The highest BCUT2D eigenvalue weighted by Gasteiger charge is 2.10. The van der Waals surface area contributed by atoms with Crippen LogP contribution in [0, 0.1) is 0 Å². The largest absolute Gasteiger partial charge is 0.324 e. The summed E-state index contributed by atoms with van der Waals surface area (Å²) in [5.74, 6) is 5.28. The summed E-state index contributed by atoms with van der Waals surface area (Å²) < 4.78 is 0. The zero-order chi connectivity index (χ0) is 13.9. The number of pyridine rings is 1. The Morgan fingerprint density at radius 3 is 2.75 bits per heavy atom. The van der Waals surface area contributed by atoms with Crippen molar-refractivity contribution in [1.82, 2.24) is 15.0 Å². The molecule has 0 aliphatic rings. The van der Waals surface area contributed by atoms with Gasteiger partial charge in [0.2, 0.25) is 5.95 Å². The van der Waals surface area contributed by atoms with Gasteiger partial charge < -0.3 is 10.4 Å². The Labute approximate surface area is 114 Å². The summed E-state index contributed by atoms with van der Waals surface area (Å²) in [4.78, 5) is 23.3. The van der Waals surface area contributed by atoms with Crippen molar-refractivity contribution in [2.24, 2.45) is 5.84 Å². The number of nitrogen functional groups attached to an aromatic ring is 1. The molecule has 0 radical (unpaired) electrons. The average molecular weight is 268 g/mol. The van der Waals surface area contributed by atoms with Crippen LogP contribution in [0.1, 0.15) is 10.5 Å². The molecule has 7 heteroatoms. The molecule has 1 amide bonds. The van der Waals surface area contributed by atoms with Crippen LogP contribution in [0.4, 0.5) is 11.6 Å². The monoisotopic (exact) mass is 268 g/mol. The molecule has 0 aliphatic heterocycles. The van der Waals surface area contributed by atoms with Crippen molar-refractivity contribution < 1.29 is 4.79 Å². The SMILES string of the molecule is NNc1ccc(C(=O)Nc2nc3ccccc3[nH]2)nc1. The van der Waals surface area contributed by atoms with Gasteiger partial charge in [-0.05, 0) is 24.3 Å². The summed E-state index contributed by atoms with van der Waals surface area (Å²) in [6.45, 7) is 0. The Morgan fingerprint density at radius 1 is 1.20 bits per heavy atom. The number of nitrogens with two attached hydrogens (primary N) is 1. The van der Waals surface area contributed by atoms with Gasteiger partial charge in [-0.1, -0.05) is 12.1 Å². The van der Waals surface area contributed by atoms with E-state index in [0.717, 1.165) is 11.0 Å². The van der Waals surface area contributed by atoms with Crippen LogP contribution in [-0.4, -0.2) is 20.9 Å². The standard InChI is InChI=1S/C13H12N6O/c14-19-8-5-6-11(15-7-8)12(20)18-13-16-9-3-1-2-4-10(9)17-13/h1-7,19H,14H2,(H2,16,17,18,20). The van der Waals surface area contributed by atoms with Crippen molar-refractivity contribution in [3.63, 3.8) is 0 Å². The molecular formula is C13H12N6O. The molecule has 5 N–H and O–H groups in total. The number of nitrogens with one attached hydrogen (secondary N) is 3. The number of nitrogens with zero attached hydrogens (tertiary/aromatic N) is 2. The van der Waals surface area contributed by atoms with Crippen molar-refractivity contribution in [3.05, 3.63) is 48.3 Å². The number of hydrazine groups is 1. The fraction of sp³-hybridized carbons (Fsp3) is 0. The fourth-order valence-corrected chi connectivity index (χ4v) is 1.80. The van der Waals surface area contributed by atoms with E-state index in [1.165, 1.54) is 6.20 Å². The van der Waals surface area contributed by atoms with E-state index in [9.17, 15) is 4.79 Å². The van der Waals surface area contributed by atoms with Gasteiger partial charge >= 0.3 is 0 Å². The van der Waals surface area contributed by atoms with E-state index < -0.39 is 0 Å². The summed E-state index contributed by atoms with van der Waals surface area (Å²) in [5.41, 5.74) is 5.01. The minimum absolute atomic E-state index is 0.282. The van der Waals surface area contributed by atoms with E-state index in [1.54, 1.807) is 12.1 Å². The number of H-pyrrole nitrogens is 1. The second kappa shape index (κ2) is 4.98. The lowest BCUT2D eigenvalue weighted by molar-refractivity contribution is 0.102. The Bertz CT molecular complexity index is 716. The maximum Gasteiger partial charge on any atom is 0.276 e. The van der Waals surface area contributed by atoms with Crippen molar-refractivity contribution in [1.29, 1.82) is 0 Å². The van der Waals surface area contributed by atoms with Crippen LogP contribution in [-0.2, 0) is 0 Å². The van der Waals surface area contributed by atoms with Crippen molar-refractivity contribution in [2.45, 2.75) is 0 Å². The summed E-state index contributed by atoms with van der Waals surface area (Å²) in [6.07, 6.45) is 1.48. The Hall–Kier alpha value is -2.93. The third-order valence-electron chi connectivity index (χ3n) is 2.78. The predicted octanol–water partition coefficient (Wildman–Crippen LogP) is 1.50. The highest BCUT2D eigenvalue weighted by Crippen LogP contribution is 2.14. The van der Waals surface area contributed by atoms with E-state index in [-0.39, 0.29) is 11.6 Å². The van der Waals surface area contributed by atoms with Gasteiger partial charge in [-0.15, -0.1) is 0 Å². The third-order valence-corrected chi connectivity index (χ3v) is 2.78. The summed E-state index contributed by atoms with van der Waals surface area (Å²) in [7, 11) is 0. The molecule has 0 bridgehead atoms. The average Bonchev–Trinajstić information content (AvgIpc) is 2.89. The zero-order valence-electron chi connectivity index (χ0n) is 10.4. The lowest BCUT2D eigenvalue weighted by Gasteiger charge is -2.02. The zero-order valence-corrected chi connectivity index (χ0v) is 10.4. The smallest absolute Gasteiger partial charge is 0.276 e. The van der Waals surface area contributed by atoms with Crippen LogP contribution in [0.3, 0.4) is 0 Å². The van der Waals surface area contributed by atoms with E-state index >= 15 is 0 Å². The van der Waals surface area contributed by atoms with E-state index in [4.69, 9.17) is 5.84 Å². The first-order valence-corrected chi connectivity index (χ1v) is 5.95. The lowest BCUT2D eigenvalue weighted by atomic mass is 10.3. The molecule has 3 aromatic rings. The second-order valence-corrected chi connectivity index (χ2v) is 4.13. The number of amides is 1. The van der Waals surface area contributed by atoms with Crippen molar-refractivity contribution in [3.8, 4) is 0 Å². The third kappa shape index (κ3) is 2.29. The number of rotatable bonds is 3. The van der Waals surface area contributed by atoms with E-state index in [2.05, 4.69) is 25.7 Å². The molecule has 0 saturated heterocycles. The van der Waals surface area contributed by atoms with Gasteiger partial charge in [0, 0.05) is 0 Å². The molecule has 0 spiro atoms.